The molecule has 2 atom stereocenters. The molecule has 0 saturated carbocycles. The molecule has 1 fully saturated rings. The van der Waals surface area contributed by atoms with Gasteiger partial charge in [-0.25, -0.2) is 4.79 Å². The van der Waals surface area contributed by atoms with E-state index in [2.05, 4.69) is 18.7 Å². The first-order chi connectivity index (χ1) is 9.02. The number of benzene rings is 1. The van der Waals surface area contributed by atoms with Gasteiger partial charge in [0.05, 0.1) is 12.2 Å². The van der Waals surface area contributed by atoms with Crippen molar-refractivity contribution in [3.63, 3.8) is 0 Å². The van der Waals surface area contributed by atoms with Gasteiger partial charge in [0.25, 0.3) is 0 Å². The molecule has 0 bridgehead atoms. The third kappa shape index (κ3) is 2.83. The van der Waals surface area contributed by atoms with Crippen LogP contribution in [0.2, 0.25) is 0 Å². The van der Waals surface area contributed by atoms with Crippen molar-refractivity contribution in [3.8, 4) is 0 Å². The second-order valence-corrected chi connectivity index (χ2v) is 5.33. The molecule has 0 spiro atoms. The lowest BCUT2D eigenvalue weighted by Gasteiger charge is -2.24. The molecule has 4 heteroatoms. The molecule has 0 radical (unpaired) electrons. The maximum absolute atomic E-state index is 11.9. The van der Waals surface area contributed by atoms with Gasteiger partial charge in [0.15, 0.2) is 0 Å². The number of rotatable bonds is 3. The van der Waals surface area contributed by atoms with E-state index in [1.54, 1.807) is 13.0 Å². The Morgan fingerprint density at radius 2 is 2.21 bits per heavy atom. The molecule has 104 valence electrons. The lowest BCUT2D eigenvalue weighted by molar-refractivity contribution is 0.0527. The fourth-order valence-corrected chi connectivity index (χ4v) is 2.77. The lowest BCUT2D eigenvalue weighted by atomic mass is 10.1. The average Bonchev–Trinajstić information content (AvgIpc) is 2.69. The third-order valence-corrected chi connectivity index (χ3v) is 3.65. The molecular weight excluding hydrogens is 240 g/mol. The largest absolute Gasteiger partial charge is 0.462 e. The van der Waals surface area contributed by atoms with Gasteiger partial charge in [-0.05, 0) is 44.4 Å². The van der Waals surface area contributed by atoms with Gasteiger partial charge < -0.3 is 15.4 Å². The molecule has 1 aliphatic heterocycles. The summed E-state index contributed by atoms with van der Waals surface area (Å²) in [6.45, 7) is 7.64. The van der Waals surface area contributed by atoms with Crippen molar-refractivity contribution in [3.05, 3.63) is 23.8 Å². The third-order valence-electron chi connectivity index (χ3n) is 3.65. The van der Waals surface area contributed by atoms with Gasteiger partial charge in [-0.15, -0.1) is 0 Å². The zero-order valence-electron chi connectivity index (χ0n) is 11.8. The van der Waals surface area contributed by atoms with Crippen LogP contribution in [-0.4, -0.2) is 25.2 Å². The summed E-state index contributed by atoms with van der Waals surface area (Å²) in [6, 6.07) is 6.11. The van der Waals surface area contributed by atoms with Crippen LogP contribution < -0.4 is 10.6 Å². The number of carbonyl (C=O) groups excluding carboxylic acids is 1. The van der Waals surface area contributed by atoms with Crippen LogP contribution in [0.4, 0.5) is 11.4 Å². The lowest BCUT2D eigenvalue weighted by Crippen LogP contribution is -2.27. The van der Waals surface area contributed by atoms with E-state index in [1.807, 2.05) is 12.1 Å². The van der Waals surface area contributed by atoms with Crippen molar-refractivity contribution >= 4 is 17.3 Å². The van der Waals surface area contributed by atoms with Crippen molar-refractivity contribution in [2.45, 2.75) is 33.2 Å². The molecule has 0 aliphatic carbocycles. The van der Waals surface area contributed by atoms with Crippen LogP contribution in [0.25, 0.3) is 0 Å². The SMILES string of the molecule is CCOC(=O)c1cc(N2CC(C)CC2C)ccc1N. The fourth-order valence-electron chi connectivity index (χ4n) is 2.77. The van der Waals surface area contributed by atoms with Gasteiger partial charge >= 0.3 is 5.97 Å². The van der Waals surface area contributed by atoms with E-state index in [9.17, 15) is 4.79 Å². The number of esters is 1. The Morgan fingerprint density at radius 3 is 2.79 bits per heavy atom. The molecule has 1 aliphatic rings. The molecule has 0 aromatic heterocycles. The minimum Gasteiger partial charge on any atom is -0.462 e. The van der Waals surface area contributed by atoms with E-state index < -0.39 is 0 Å². The van der Waals surface area contributed by atoms with Crippen molar-refractivity contribution in [2.24, 2.45) is 5.92 Å². The summed E-state index contributed by atoms with van der Waals surface area (Å²) in [5.41, 5.74) is 7.85. The van der Waals surface area contributed by atoms with Gasteiger partial charge in [0.2, 0.25) is 0 Å². The molecule has 1 aromatic carbocycles. The van der Waals surface area contributed by atoms with E-state index in [4.69, 9.17) is 10.5 Å². The standard InChI is InChI=1S/C15H22N2O2/c1-4-19-15(18)13-8-12(5-6-14(13)16)17-9-10(2)7-11(17)3/h5-6,8,10-11H,4,7,9,16H2,1-3H3. The summed E-state index contributed by atoms with van der Waals surface area (Å²) < 4.78 is 5.04. The summed E-state index contributed by atoms with van der Waals surface area (Å²) >= 11 is 0. The highest BCUT2D eigenvalue weighted by Crippen LogP contribution is 2.30. The number of carbonyl (C=O) groups is 1. The van der Waals surface area contributed by atoms with Crippen molar-refractivity contribution < 1.29 is 9.53 Å². The smallest absolute Gasteiger partial charge is 0.340 e. The monoisotopic (exact) mass is 262 g/mol. The van der Waals surface area contributed by atoms with Crippen molar-refractivity contribution in [2.75, 3.05) is 23.8 Å². The first kappa shape index (κ1) is 13.7. The first-order valence-electron chi connectivity index (χ1n) is 6.86. The fraction of sp³-hybridized carbons (Fsp3) is 0.533. The van der Waals surface area contributed by atoms with E-state index in [0.717, 1.165) is 12.2 Å². The molecule has 19 heavy (non-hydrogen) atoms. The predicted molar refractivity (Wildman–Crippen MR) is 77.4 cm³/mol. The Balaban J connectivity index is 2.28. The van der Waals surface area contributed by atoms with E-state index in [0.29, 0.717) is 29.8 Å². The second-order valence-electron chi connectivity index (χ2n) is 5.33. The van der Waals surface area contributed by atoms with Crippen LogP contribution in [-0.2, 0) is 4.74 Å². The van der Waals surface area contributed by atoms with Crippen LogP contribution in [0, 0.1) is 5.92 Å². The molecule has 1 heterocycles. The average molecular weight is 262 g/mol. The van der Waals surface area contributed by atoms with Crippen molar-refractivity contribution in [1.29, 1.82) is 0 Å². The van der Waals surface area contributed by atoms with E-state index >= 15 is 0 Å². The Morgan fingerprint density at radius 1 is 1.47 bits per heavy atom. The van der Waals surface area contributed by atoms with Crippen LogP contribution in [0.1, 0.15) is 37.6 Å². The zero-order valence-corrected chi connectivity index (χ0v) is 11.8. The summed E-state index contributed by atoms with van der Waals surface area (Å²) in [7, 11) is 0. The summed E-state index contributed by atoms with van der Waals surface area (Å²) in [5, 5.41) is 0. The quantitative estimate of drug-likeness (QED) is 0.672. The highest BCUT2D eigenvalue weighted by atomic mass is 16.5. The highest BCUT2D eigenvalue weighted by molar-refractivity contribution is 5.96. The normalized spacial score (nSPS) is 22.6. The van der Waals surface area contributed by atoms with Gasteiger partial charge in [-0.1, -0.05) is 6.92 Å². The number of nitrogen functional groups attached to an aromatic ring is 1. The number of hydrogen-bond donors (Lipinski definition) is 1. The van der Waals surface area contributed by atoms with Crippen LogP contribution in [0.5, 0.6) is 0 Å². The molecular formula is C15H22N2O2. The number of anilines is 2. The van der Waals surface area contributed by atoms with E-state index in [1.165, 1.54) is 6.42 Å². The van der Waals surface area contributed by atoms with Gasteiger partial charge in [0.1, 0.15) is 0 Å². The van der Waals surface area contributed by atoms with Crippen LogP contribution in [0.3, 0.4) is 0 Å². The minimum atomic E-state index is -0.346. The zero-order chi connectivity index (χ0) is 14.0. The van der Waals surface area contributed by atoms with Gasteiger partial charge in [0, 0.05) is 24.0 Å². The van der Waals surface area contributed by atoms with Crippen molar-refractivity contribution in [1.82, 2.24) is 0 Å². The summed E-state index contributed by atoms with van der Waals surface area (Å²) in [5.74, 6) is 0.334. The van der Waals surface area contributed by atoms with E-state index in [-0.39, 0.29) is 5.97 Å². The predicted octanol–water partition coefficient (Wildman–Crippen LogP) is 2.68. The Bertz CT molecular complexity index is 473. The molecule has 1 saturated heterocycles. The number of nitrogens with two attached hydrogens (primary N) is 1. The maximum Gasteiger partial charge on any atom is 0.340 e. The van der Waals surface area contributed by atoms with Crippen LogP contribution >= 0.6 is 0 Å². The maximum atomic E-state index is 11.9. The molecule has 2 rings (SSSR count). The summed E-state index contributed by atoms with van der Waals surface area (Å²) in [6.07, 6.45) is 1.18. The summed E-state index contributed by atoms with van der Waals surface area (Å²) in [4.78, 5) is 14.2. The Labute approximate surface area is 114 Å². The molecule has 1 aromatic rings. The molecule has 2 N–H and O–H groups in total. The Hall–Kier alpha value is -1.71. The number of ether oxygens (including phenoxy) is 1. The van der Waals surface area contributed by atoms with Crippen LogP contribution in [0.15, 0.2) is 18.2 Å². The number of nitrogens with zero attached hydrogens (tertiary/aromatic N) is 1. The highest BCUT2D eigenvalue weighted by Gasteiger charge is 2.27. The number of hydrogen-bond acceptors (Lipinski definition) is 4. The van der Waals surface area contributed by atoms with Gasteiger partial charge in [-0.2, -0.15) is 0 Å². The molecule has 2 unspecified atom stereocenters. The Kier molecular flexibility index (Phi) is 3.98. The van der Waals surface area contributed by atoms with Gasteiger partial charge in [-0.3, -0.25) is 0 Å². The second kappa shape index (κ2) is 5.51. The molecule has 0 amide bonds. The molecule has 4 nitrogen and oxygen atoms in total. The topological polar surface area (TPSA) is 55.6 Å². The first-order valence-corrected chi connectivity index (χ1v) is 6.86. The minimum absolute atomic E-state index is 0.346.